The van der Waals surface area contributed by atoms with E-state index in [1.807, 2.05) is 4.90 Å². The average molecular weight is 593 g/mol. The number of pyridine rings is 1. The number of hydrogen-bond donors (Lipinski definition) is 1. The van der Waals surface area contributed by atoms with Crippen LogP contribution in [0.4, 0.5) is 33.5 Å². The maximum absolute atomic E-state index is 14.3. The molecule has 3 aliphatic heterocycles. The lowest BCUT2D eigenvalue weighted by Crippen LogP contribution is -2.55. The Bertz CT molecular complexity index is 1380. The molecule has 0 unspecified atom stereocenters. The van der Waals surface area contributed by atoms with E-state index in [0.29, 0.717) is 36.4 Å². The molecule has 0 aliphatic carbocycles. The fraction of sp³-hybridized carbons (Fsp3) is 0.519. The molecule has 0 bridgehead atoms. The highest BCUT2D eigenvalue weighted by Crippen LogP contribution is 2.40. The van der Waals surface area contributed by atoms with E-state index in [9.17, 15) is 32.0 Å². The summed E-state index contributed by atoms with van der Waals surface area (Å²) in [5, 5.41) is 12.4. The van der Waals surface area contributed by atoms with Gasteiger partial charge in [-0.15, -0.1) is 0 Å². The number of nitrogens with zero attached hydrogens (tertiary/aromatic N) is 7. The van der Waals surface area contributed by atoms with Crippen LogP contribution in [0.3, 0.4) is 0 Å². The largest absolute Gasteiger partial charge is 0.462 e. The summed E-state index contributed by atoms with van der Waals surface area (Å²) in [6.07, 6.45) is -2.65. The molecule has 0 radical (unpaired) electrons. The normalized spacial score (nSPS) is 22.5. The summed E-state index contributed by atoms with van der Waals surface area (Å²) in [5.41, 5.74) is -0.728. The molecule has 1 N–H and O–H groups in total. The van der Waals surface area contributed by atoms with Crippen LogP contribution < -0.4 is 19.9 Å². The van der Waals surface area contributed by atoms with Crippen LogP contribution in [0.5, 0.6) is 6.01 Å². The SMILES string of the molecule is C=CC(=O)N1CCN(c2nc(OC[C@@H]3C[C@@H](F)CN3)nc3c2CCN(c2cncc(F)c2C(F)(F)F)C3)C[C@@H]1CC#N. The Morgan fingerprint density at radius 2 is 2.05 bits per heavy atom. The number of amides is 1. The predicted octanol–water partition coefficient (Wildman–Crippen LogP) is 2.79. The van der Waals surface area contributed by atoms with Crippen LogP contribution in [0.1, 0.15) is 29.7 Å². The highest BCUT2D eigenvalue weighted by molar-refractivity contribution is 5.87. The monoisotopic (exact) mass is 592 g/mol. The van der Waals surface area contributed by atoms with Gasteiger partial charge >= 0.3 is 12.2 Å². The zero-order valence-corrected chi connectivity index (χ0v) is 22.6. The third-order valence-corrected chi connectivity index (χ3v) is 7.68. The van der Waals surface area contributed by atoms with Crippen LogP contribution in [0.15, 0.2) is 25.0 Å². The number of nitriles is 1. The van der Waals surface area contributed by atoms with Crippen molar-refractivity contribution in [3.05, 3.63) is 47.7 Å². The number of anilines is 2. The van der Waals surface area contributed by atoms with Gasteiger partial charge in [0.1, 0.15) is 24.2 Å². The fourth-order valence-electron chi connectivity index (χ4n) is 5.67. The van der Waals surface area contributed by atoms with Crippen LogP contribution in [-0.4, -0.2) is 83.3 Å². The maximum atomic E-state index is 14.3. The number of ether oxygens (including phenoxy) is 1. The predicted molar refractivity (Wildman–Crippen MR) is 141 cm³/mol. The molecule has 15 heteroatoms. The molecule has 5 rings (SSSR count). The standard InChI is InChI=1S/C27H29F5N8O2/c1-2-23(41)40-8-7-39(13-18(40)3-5-33)25-19-4-6-38(22-12-34-11-20(29)24(22)27(30,31)32)14-21(19)36-26(37-25)42-15-17-9-16(28)10-35-17/h2,11-12,16-18,35H,1,3-4,6-10,13-15H2/t16-,17+,18+/m1/s1. The average Bonchev–Trinajstić information content (AvgIpc) is 3.39. The molecule has 3 aliphatic rings. The number of carbonyl (C=O) groups is 1. The van der Waals surface area contributed by atoms with Crippen molar-refractivity contribution >= 4 is 17.4 Å². The third-order valence-electron chi connectivity index (χ3n) is 7.68. The molecule has 1 amide bonds. The number of rotatable bonds is 7. The van der Waals surface area contributed by atoms with Crippen molar-refractivity contribution in [2.45, 2.75) is 50.2 Å². The highest BCUT2D eigenvalue weighted by atomic mass is 19.4. The van der Waals surface area contributed by atoms with E-state index in [4.69, 9.17) is 4.74 Å². The Balaban J connectivity index is 1.48. The van der Waals surface area contributed by atoms with Crippen molar-refractivity contribution in [3.8, 4) is 12.1 Å². The topological polar surface area (TPSA) is 111 Å². The number of fused-ring (bicyclic) bond motifs is 1. The zero-order valence-electron chi connectivity index (χ0n) is 22.6. The van der Waals surface area contributed by atoms with E-state index in [1.54, 1.807) is 4.90 Å². The number of piperazine rings is 1. The van der Waals surface area contributed by atoms with Crippen LogP contribution >= 0.6 is 0 Å². The first-order valence-electron chi connectivity index (χ1n) is 13.5. The van der Waals surface area contributed by atoms with E-state index < -0.39 is 35.5 Å². The number of alkyl halides is 4. The summed E-state index contributed by atoms with van der Waals surface area (Å²) >= 11 is 0. The van der Waals surface area contributed by atoms with E-state index in [0.717, 1.165) is 6.20 Å². The van der Waals surface area contributed by atoms with Gasteiger partial charge in [-0.1, -0.05) is 6.58 Å². The van der Waals surface area contributed by atoms with Crippen molar-refractivity contribution in [1.29, 1.82) is 5.26 Å². The fourth-order valence-corrected chi connectivity index (χ4v) is 5.67. The summed E-state index contributed by atoms with van der Waals surface area (Å²) < 4.78 is 75.2. The first-order chi connectivity index (χ1) is 20.1. The van der Waals surface area contributed by atoms with E-state index in [2.05, 4.69) is 32.9 Å². The lowest BCUT2D eigenvalue weighted by Gasteiger charge is -2.42. The van der Waals surface area contributed by atoms with Gasteiger partial charge in [0.05, 0.1) is 48.9 Å². The first-order valence-corrected chi connectivity index (χ1v) is 13.5. The first kappa shape index (κ1) is 29.4. The van der Waals surface area contributed by atoms with Crippen LogP contribution in [0.25, 0.3) is 0 Å². The summed E-state index contributed by atoms with van der Waals surface area (Å²) in [7, 11) is 0. The van der Waals surface area contributed by atoms with Gasteiger partial charge < -0.3 is 24.8 Å². The van der Waals surface area contributed by atoms with E-state index in [1.165, 1.54) is 11.0 Å². The van der Waals surface area contributed by atoms with Gasteiger partial charge in [0, 0.05) is 44.3 Å². The van der Waals surface area contributed by atoms with Crippen molar-refractivity contribution in [3.63, 3.8) is 0 Å². The Kier molecular flexibility index (Phi) is 8.44. The number of nitrogens with one attached hydrogen (secondary N) is 1. The van der Waals surface area contributed by atoms with Gasteiger partial charge in [-0.25, -0.2) is 8.78 Å². The number of hydrogen-bond acceptors (Lipinski definition) is 9. The quantitative estimate of drug-likeness (QED) is 0.383. The second-order valence-corrected chi connectivity index (χ2v) is 10.4. The third kappa shape index (κ3) is 6.08. The van der Waals surface area contributed by atoms with Crippen molar-refractivity contribution in [2.24, 2.45) is 0 Å². The van der Waals surface area contributed by atoms with Gasteiger partial charge in [-0.05, 0) is 18.9 Å². The lowest BCUT2D eigenvalue weighted by molar-refractivity contribution is -0.139. The Hall–Kier alpha value is -4.06. The van der Waals surface area contributed by atoms with Gasteiger partial charge in [0.25, 0.3) is 0 Å². The minimum absolute atomic E-state index is 0.0375. The molecular formula is C27H29F5N8O2. The van der Waals surface area contributed by atoms with Gasteiger partial charge in [-0.3, -0.25) is 9.78 Å². The molecule has 42 heavy (non-hydrogen) atoms. The molecule has 224 valence electrons. The lowest BCUT2D eigenvalue weighted by atomic mass is 10.0. The second kappa shape index (κ2) is 12.0. The van der Waals surface area contributed by atoms with Crippen molar-refractivity contribution < 1.29 is 31.5 Å². The molecule has 0 spiro atoms. The molecule has 2 aromatic rings. The van der Waals surface area contributed by atoms with Gasteiger partial charge in [-0.2, -0.15) is 28.4 Å². The van der Waals surface area contributed by atoms with E-state index in [-0.39, 0.29) is 70.0 Å². The minimum atomic E-state index is -4.94. The van der Waals surface area contributed by atoms with E-state index >= 15 is 0 Å². The number of halogens is 5. The Labute approximate surface area is 238 Å². The van der Waals surface area contributed by atoms with Crippen molar-refractivity contribution in [1.82, 2.24) is 25.2 Å². The van der Waals surface area contributed by atoms with Crippen LogP contribution in [-0.2, 0) is 23.9 Å². The summed E-state index contributed by atoms with van der Waals surface area (Å²) in [4.78, 5) is 30.0. The Morgan fingerprint density at radius 3 is 2.74 bits per heavy atom. The summed E-state index contributed by atoms with van der Waals surface area (Å²) in [6, 6.07) is 1.36. The molecule has 0 saturated carbocycles. The smallest absolute Gasteiger partial charge is 0.421 e. The molecular weight excluding hydrogens is 563 g/mol. The second-order valence-electron chi connectivity index (χ2n) is 10.4. The molecule has 5 heterocycles. The van der Waals surface area contributed by atoms with Crippen molar-refractivity contribution in [2.75, 3.05) is 49.1 Å². The van der Waals surface area contributed by atoms with Gasteiger partial charge in [0.2, 0.25) is 5.91 Å². The molecule has 0 aromatic carbocycles. The molecule has 10 nitrogen and oxygen atoms in total. The number of aromatic nitrogens is 3. The highest BCUT2D eigenvalue weighted by Gasteiger charge is 2.40. The van der Waals surface area contributed by atoms with Gasteiger partial charge in [0.15, 0.2) is 5.82 Å². The maximum Gasteiger partial charge on any atom is 0.421 e. The minimum Gasteiger partial charge on any atom is -0.462 e. The molecule has 3 atom stereocenters. The summed E-state index contributed by atoms with van der Waals surface area (Å²) in [5.74, 6) is -1.28. The summed E-state index contributed by atoms with van der Waals surface area (Å²) in [6.45, 7) is 4.77. The van der Waals surface area contributed by atoms with Crippen LogP contribution in [0, 0.1) is 17.1 Å². The zero-order chi connectivity index (χ0) is 30.0. The molecule has 2 fully saturated rings. The number of carbonyl (C=O) groups excluding carboxylic acids is 1. The molecule has 2 aromatic heterocycles. The molecule has 2 saturated heterocycles. The Morgan fingerprint density at radius 1 is 1.24 bits per heavy atom. The van der Waals surface area contributed by atoms with Crippen LogP contribution in [0.2, 0.25) is 0 Å².